The van der Waals surface area contributed by atoms with Crippen LogP contribution in [0.4, 0.5) is 0 Å². The Morgan fingerprint density at radius 1 is 1.40 bits per heavy atom. The van der Waals surface area contributed by atoms with Gasteiger partial charge in [-0.3, -0.25) is 9.59 Å². The average molecular weight is 363 g/mol. The van der Waals surface area contributed by atoms with Crippen molar-refractivity contribution in [1.82, 2.24) is 5.32 Å². The first-order chi connectivity index (χ1) is 9.12. The van der Waals surface area contributed by atoms with Gasteiger partial charge >= 0.3 is 5.97 Å². The Labute approximate surface area is 131 Å². The molecule has 1 aromatic rings. The number of hydrogen-bond donors (Lipinski definition) is 2. The van der Waals surface area contributed by atoms with Crippen LogP contribution in [0.5, 0.6) is 0 Å². The molecule has 0 spiro atoms. The van der Waals surface area contributed by atoms with Crippen LogP contribution in [-0.4, -0.2) is 22.5 Å². The predicted molar refractivity (Wildman–Crippen MR) is 82.3 cm³/mol. The molecule has 0 bridgehead atoms. The zero-order valence-corrected chi connectivity index (χ0v) is 13.9. The third-order valence-corrected chi connectivity index (χ3v) is 4.47. The Morgan fingerprint density at radius 2 is 2.00 bits per heavy atom. The van der Waals surface area contributed by atoms with Gasteiger partial charge in [0, 0.05) is 22.0 Å². The van der Waals surface area contributed by atoms with Gasteiger partial charge in [-0.05, 0) is 60.8 Å². The normalized spacial score (nSPS) is 11.2. The number of benzene rings is 1. The maximum absolute atomic E-state index is 12.2. The van der Waals surface area contributed by atoms with Crippen LogP contribution in [0.3, 0.4) is 0 Å². The van der Waals surface area contributed by atoms with E-state index in [2.05, 4.69) is 21.2 Å². The topological polar surface area (TPSA) is 66.4 Å². The van der Waals surface area contributed by atoms with Gasteiger partial charge in [-0.25, -0.2) is 0 Å². The zero-order chi connectivity index (χ0) is 15.5. The number of nitrogens with one attached hydrogen (secondary N) is 1. The highest BCUT2D eigenvalue weighted by molar-refractivity contribution is 9.10. The van der Waals surface area contributed by atoms with Gasteiger partial charge in [-0.2, -0.15) is 0 Å². The van der Waals surface area contributed by atoms with Crippen molar-refractivity contribution in [3.05, 3.63) is 32.8 Å². The lowest BCUT2D eigenvalue weighted by molar-refractivity contribution is -0.137. The van der Waals surface area contributed by atoms with Gasteiger partial charge in [0.15, 0.2) is 0 Å². The van der Waals surface area contributed by atoms with Crippen LogP contribution >= 0.6 is 27.5 Å². The number of amides is 1. The Balaban J connectivity index is 2.83. The van der Waals surface area contributed by atoms with Crippen LogP contribution in [0.15, 0.2) is 16.6 Å². The van der Waals surface area contributed by atoms with Gasteiger partial charge in [0.2, 0.25) is 0 Å². The first-order valence-corrected chi connectivity index (χ1v) is 7.29. The van der Waals surface area contributed by atoms with E-state index in [0.717, 1.165) is 10.0 Å². The predicted octanol–water partition coefficient (Wildman–Crippen LogP) is 3.78. The number of rotatable bonds is 5. The fourth-order valence-corrected chi connectivity index (χ4v) is 2.21. The molecular formula is C14H17BrClNO3. The lowest BCUT2D eigenvalue weighted by Crippen LogP contribution is -2.43. The standard InChI is InChI=1S/C14H17BrClNO3/c1-8-6-9(7-10(16)12(8)15)13(20)17-14(2,3)5-4-11(18)19/h6-7H,4-5H2,1-3H3,(H,17,20)(H,18,19). The maximum Gasteiger partial charge on any atom is 0.303 e. The number of halogens is 2. The third kappa shape index (κ3) is 4.80. The SMILES string of the molecule is Cc1cc(C(=O)NC(C)(C)CCC(=O)O)cc(Cl)c1Br. The van der Waals surface area contributed by atoms with Crippen molar-refractivity contribution in [3.63, 3.8) is 0 Å². The summed E-state index contributed by atoms with van der Waals surface area (Å²) in [5.74, 6) is -1.15. The molecule has 1 rings (SSSR count). The first-order valence-electron chi connectivity index (χ1n) is 6.12. The van der Waals surface area contributed by atoms with E-state index >= 15 is 0 Å². The van der Waals surface area contributed by atoms with Crippen LogP contribution in [-0.2, 0) is 4.79 Å². The quantitative estimate of drug-likeness (QED) is 0.837. The second kappa shape index (κ2) is 6.59. The van der Waals surface area contributed by atoms with Crippen molar-refractivity contribution >= 4 is 39.4 Å². The second-order valence-corrected chi connectivity index (χ2v) is 6.52. The number of hydrogen-bond acceptors (Lipinski definition) is 2. The van der Waals surface area contributed by atoms with Crippen molar-refractivity contribution in [3.8, 4) is 0 Å². The summed E-state index contributed by atoms with van der Waals surface area (Å²) in [6.07, 6.45) is 0.366. The minimum absolute atomic E-state index is 0.00734. The molecule has 0 fully saturated rings. The molecular weight excluding hydrogens is 346 g/mol. The van der Waals surface area contributed by atoms with Crippen molar-refractivity contribution in [2.45, 2.75) is 39.2 Å². The molecule has 0 atom stereocenters. The number of aliphatic carboxylic acids is 1. The lowest BCUT2D eigenvalue weighted by Gasteiger charge is -2.25. The maximum atomic E-state index is 12.2. The summed E-state index contributed by atoms with van der Waals surface area (Å²) >= 11 is 9.37. The molecule has 110 valence electrons. The molecule has 1 aromatic carbocycles. The van der Waals surface area contributed by atoms with E-state index in [1.807, 2.05) is 6.92 Å². The molecule has 2 N–H and O–H groups in total. The minimum Gasteiger partial charge on any atom is -0.481 e. The van der Waals surface area contributed by atoms with E-state index in [1.54, 1.807) is 26.0 Å². The highest BCUT2D eigenvalue weighted by atomic mass is 79.9. The third-order valence-electron chi connectivity index (χ3n) is 2.89. The number of carbonyl (C=O) groups excluding carboxylic acids is 1. The Bertz CT molecular complexity index is 520. The van der Waals surface area contributed by atoms with Gasteiger partial charge in [0.05, 0.1) is 5.02 Å². The number of aryl methyl sites for hydroxylation is 1. The second-order valence-electron chi connectivity index (χ2n) is 5.32. The van der Waals surface area contributed by atoms with Gasteiger partial charge in [-0.15, -0.1) is 0 Å². The fourth-order valence-electron chi connectivity index (χ4n) is 1.72. The fraction of sp³-hybridized carbons (Fsp3) is 0.429. The lowest BCUT2D eigenvalue weighted by atomic mass is 9.97. The Kier molecular flexibility index (Phi) is 5.59. The molecule has 0 aliphatic rings. The molecule has 1 amide bonds. The highest BCUT2D eigenvalue weighted by Crippen LogP contribution is 2.27. The summed E-state index contributed by atoms with van der Waals surface area (Å²) in [7, 11) is 0. The van der Waals surface area contributed by atoms with Crippen LogP contribution in [0.25, 0.3) is 0 Å². The smallest absolute Gasteiger partial charge is 0.303 e. The largest absolute Gasteiger partial charge is 0.481 e. The average Bonchev–Trinajstić information content (AvgIpc) is 2.32. The van der Waals surface area contributed by atoms with Crippen LogP contribution in [0.2, 0.25) is 5.02 Å². The summed E-state index contributed by atoms with van der Waals surface area (Å²) in [5, 5.41) is 12.0. The van der Waals surface area contributed by atoms with E-state index in [1.165, 1.54) is 0 Å². The van der Waals surface area contributed by atoms with E-state index < -0.39 is 11.5 Å². The summed E-state index contributed by atoms with van der Waals surface area (Å²) in [6.45, 7) is 5.44. The highest BCUT2D eigenvalue weighted by Gasteiger charge is 2.22. The summed E-state index contributed by atoms with van der Waals surface area (Å²) in [6, 6.07) is 3.32. The van der Waals surface area contributed by atoms with Crippen molar-refractivity contribution in [1.29, 1.82) is 0 Å². The van der Waals surface area contributed by atoms with Crippen LogP contribution in [0.1, 0.15) is 42.6 Å². The molecule has 0 aliphatic carbocycles. The molecule has 0 heterocycles. The Hall–Kier alpha value is -1.07. The van der Waals surface area contributed by atoms with Crippen molar-refractivity contribution in [2.75, 3.05) is 0 Å². The molecule has 4 nitrogen and oxygen atoms in total. The van der Waals surface area contributed by atoms with Crippen LogP contribution in [0, 0.1) is 6.92 Å². The van der Waals surface area contributed by atoms with E-state index in [9.17, 15) is 9.59 Å². The van der Waals surface area contributed by atoms with Gasteiger partial charge in [0.25, 0.3) is 5.91 Å². The first kappa shape index (κ1) is 17.0. The van der Waals surface area contributed by atoms with Gasteiger partial charge in [-0.1, -0.05) is 11.6 Å². The molecule has 0 unspecified atom stereocenters. The van der Waals surface area contributed by atoms with Crippen molar-refractivity contribution < 1.29 is 14.7 Å². The molecule has 20 heavy (non-hydrogen) atoms. The van der Waals surface area contributed by atoms with E-state index in [0.29, 0.717) is 17.0 Å². The van der Waals surface area contributed by atoms with Gasteiger partial charge < -0.3 is 10.4 Å². The summed E-state index contributed by atoms with van der Waals surface area (Å²) in [5.41, 5.74) is 0.730. The summed E-state index contributed by atoms with van der Waals surface area (Å²) in [4.78, 5) is 22.8. The van der Waals surface area contributed by atoms with Crippen LogP contribution < -0.4 is 5.32 Å². The molecule has 0 saturated heterocycles. The Morgan fingerprint density at radius 3 is 2.50 bits per heavy atom. The number of carbonyl (C=O) groups is 2. The molecule has 0 aromatic heterocycles. The molecule has 0 aliphatic heterocycles. The van der Waals surface area contributed by atoms with E-state index in [4.69, 9.17) is 16.7 Å². The summed E-state index contributed by atoms with van der Waals surface area (Å²) < 4.78 is 0.765. The minimum atomic E-state index is -0.880. The number of carboxylic acid groups (broad SMARTS) is 1. The zero-order valence-electron chi connectivity index (χ0n) is 11.6. The monoisotopic (exact) mass is 361 g/mol. The molecule has 0 saturated carbocycles. The molecule has 0 radical (unpaired) electrons. The molecule has 6 heteroatoms. The van der Waals surface area contributed by atoms with Crippen molar-refractivity contribution in [2.24, 2.45) is 0 Å². The van der Waals surface area contributed by atoms with Gasteiger partial charge in [0.1, 0.15) is 0 Å². The number of carboxylic acids is 1. The van der Waals surface area contributed by atoms with E-state index in [-0.39, 0.29) is 12.3 Å².